The highest BCUT2D eigenvalue weighted by Crippen LogP contribution is 2.23. The number of thiophene rings is 1. The molecule has 0 aliphatic carbocycles. The molecule has 0 fully saturated rings. The lowest BCUT2D eigenvalue weighted by atomic mass is 10.0. The van der Waals surface area contributed by atoms with Crippen LogP contribution in [-0.4, -0.2) is 27.8 Å². The van der Waals surface area contributed by atoms with Gasteiger partial charge in [-0.15, -0.1) is 11.3 Å². The predicted molar refractivity (Wildman–Crippen MR) is 124 cm³/mol. The van der Waals surface area contributed by atoms with Gasteiger partial charge in [0.05, 0.1) is 38.8 Å². The van der Waals surface area contributed by atoms with Crippen molar-refractivity contribution in [2.45, 2.75) is 43.9 Å². The highest BCUT2D eigenvalue weighted by atomic mass is 35.5. The van der Waals surface area contributed by atoms with Crippen molar-refractivity contribution in [3.05, 3.63) is 51.9 Å². The molecule has 1 aromatic heterocycles. The first kappa shape index (κ1) is 25.9. The van der Waals surface area contributed by atoms with Crippen LogP contribution in [-0.2, 0) is 25.7 Å². The summed E-state index contributed by atoms with van der Waals surface area (Å²) in [7, 11) is -2.90. The minimum absolute atomic E-state index is 0.0289. The van der Waals surface area contributed by atoms with Crippen LogP contribution in [0.2, 0.25) is 5.02 Å². The lowest BCUT2D eigenvalue weighted by Gasteiger charge is -2.09. The maximum Gasteiger partial charge on any atom is 0.235 e. The molecule has 0 spiro atoms. The fraction of sp³-hybridized carbons (Fsp3) is 0.333. The van der Waals surface area contributed by atoms with Crippen molar-refractivity contribution >= 4 is 50.2 Å². The molecular weight excluding hydrogens is 442 g/mol. The third-order valence-corrected chi connectivity index (χ3v) is 7.31. The summed E-state index contributed by atoms with van der Waals surface area (Å²) >= 11 is 6.96. The maximum atomic E-state index is 12.4. The molecule has 0 aliphatic rings. The van der Waals surface area contributed by atoms with Gasteiger partial charge in [0, 0.05) is 5.38 Å². The number of ketones is 1. The van der Waals surface area contributed by atoms with Crippen LogP contribution in [0.3, 0.4) is 0 Å². The third-order valence-electron chi connectivity index (χ3n) is 3.82. The molecule has 6 nitrogen and oxygen atoms in total. The molecule has 1 heterocycles. The summed E-state index contributed by atoms with van der Waals surface area (Å²) in [6.45, 7) is 5.65. The largest absolute Gasteiger partial charge is 0.322 e. The molecule has 2 atom stereocenters. The van der Waals surface area contributed by atoms with E-state index < -0.39 is 15.6 Å². The van der Waals surface area contributed by atoms with Crippen molar-refractivity contribution in [1.29, 1.82) is 5.26 Å². The fourth-order valence-corrected chi connectivity index (χ4v) is 4.96. The van der Waals surface area contributed by atoms with Gasteiger partial charge >= 0.3 is 0 Å². The topological polar surface area (TPSA) is 113 Å². The van der Waals surface area contributed by atoms with Crippen LogP contribution >= 0.6 is 22.9 Å². The van der Waals surface area contributed by atoms with Crippen molar-refractivity contribution in [1.82, 2.24) is 4.72 Å². The molecule has 0 saturated heterocycles. The number of rotatable bonds is 7. The van der Waals surface area contributed by atoms with Crippen LogP contribution < -0.4 is 10.5 Å². The molecule has 2 unspecified atom stereocenters. The third kappa shape index (κ3) is 9.09. The van der Waals surface area contributed by atoms with E-state index in [1.165, 1.54) is 24.3 Å². The van der Waals surface area contributed by atoms with E-state index in [2.05, 4.69) is 24.4 Å². The van der Waals surface area contributed by atoms with Crippen LogP contribution in [0.4, 0.5) is 0 Å². The van der Waals surface area contributed by atoms with E-state index in [9.17, 15) is 13.8 Å². The number of nitrogens with one attached hydrogen (secondary N) is 1. The quantitative estimate of drug-likeness (QED) is 0.604. The smallest absolute Gasteiger partial charge is 0.235 e. The van der Waals surface area contributed by atoms with Gasteiger partial charge in [0.2, 0.25) is 5.91 Å². The summed E-state index contributed by atoms with van der Waals surface area (Å²) in [5, 5.41) is 10.9. The van der Waals surface area contributed by atoms with Gasteiger partial charge in [-0.05, 0) is 48.9 Å². The zero-order valence-electron chi connectivity index (χ0n) is 17.2. The second-order valence-electron chi connectivity index (χ2n) is 7.12. The average molecular weight is 468 g/mol. The molecule has 1 aromatic carbocycles. The van der Waals surface area contributed by atoms with E-state index in [0.717, 1.165) is 6.42 Å². The molecule has 2 aromatic rings. The average Bonchev–Trinajstić information content (AvgIpc) is 3.08. The number of halogens is 1. The van der Waals surface area contributed by atoms with Crippen molar-refractivity contribution in [2.75, 3.05) is 0 Å². The summed E-state index contributed by atoms with van der Waals surface area (Å²) in [5.74, 6) is 3.75. The number of carbonyl (C=O) groups is 2. The first-order valence-electron chi connectivity index (χ1n) is 9.11. The molecule has 0 radical (unpaired) electrons. The van der Waals surface area contributed by atoms with Crippen molar-refractivity contribution < 1.29 is 13.8 Å². The second-order valence-corrected chi connectivity index (χ2v) is 10.7. The molecule has 0 aliphatic heterocycles. The lowest BCUT2D eigenvalue weighted by Crippen LogP contribution is -2.31. The van der Waals surface area contributed by atoms with E-state index in [0.29, 0.717) is 26.3 Å². The van der Waals surface area contributed by atoms with Crippen LogP contribution in [0, 0.1) is 17.2 Å². The first-order chi connectivity index (χ1) is 13.9. The van der Waals surface area contributed by atoms with Gasteiger partial charge in [-0.3, -0.25) is 14.3 Å². The van der Waals surface area contributed by atoms with E-state index in [4.69, 9.17) is 22.6 Å². The number of nitrogens with zero attached hydrogens (tertiary/aromatic N) is 1. The predicted octanol–water partition coefficient (Wildman–Crippen LogP) is 3.57. The van der Waals surface area contributed by atoms with Gasteiger partial charge in [-0.25, -0.2) is 4.21 Å². The summed E-state index contributed by atoms with van der Waals surface area (Å²) < 4.78 is 15.2. The Labute approximate surface area is 187 Å². The van der Waals surface area contributed by atoms with Gasteiger partial charge in [-0.2, -0.15) is 5.26 Å². The molecule has 0 saturated carbocycles. The Morgan fingerprint density at radius 1 is 1.37 bits per heavy atom. The Kier molecular flexibility index (Phi) is 10.2. The van der Waals surface area contributed by atoms with Gasteiger partial charge in [-0.1, -0.05) is 37.6 Å². The highest BCUT2D eigenvalue weighted by Gasteiger charge is 2.14. The summed E-state index contributed by atoms with van der Waals surface area (Å²) in [4.78, 5) is 22.5. The number of nitrogens with two attached hydrogens (primary N) is 1. The molecule has 30 heavy (non-hydrogen) atoms. The van der Waals surface area contributed by atoms with Crippen molar-refractivity contribution in [3.63, 3.8) is 0 Å². The number of hydrogen-bond acceptors (Lipinski definition) is 6. The maximum absolute atomic E-state index is 12.4. The van der Waals surface area contributed by atoms with Crippen LogP contribution in [0.15, 0.2) is 39.9 Å². The van der Waals surface area contributed by atoms with Crippen LogP contribution in [0.5, 0.6) is 0 Å². The Bertz CT molecular complexity index is 1020. The van der Waals surface area contributed by atoms with Gasteiger partial charge in [0.15, 0.2) is 0 Å². The highest BCUT2D eigenvalue weighted by molar-refractivity contribution is 8.00. The molecule has 3 N–H and O–H groups in total. The molecule has 2 rings (SSSR count). The van der Waals surface area contributed by atoms with Crippen molar-refractivity contribution in [3.8, 4) is 6.07 Å². The SMILES string of the molecule is C=S(=O)(NC(=O)Cc1cccc(C#N)c1)c1cc(Cl)cs1.CC(=O)C(N)CC(C)C. The van der Waals surface area contributed by atoms with Gasteiger partial charge < -0.3 is 5.73 Å². The number of carbonyl (C=O) groups excluding carboxylic acids is 2. The van der Waals surface area contributed by atoms with E-state index >= 15 is 0 Å². The van der Waals surface area contributed by atoms with E-state index in [1.54, 1.807) is 29.6 Å². The Balaban J connectivity index is 0.000000424. The van der Waals surface area contributed by atoms with Crippen LogP contribution in [0.25, 0.3) is 0 Å². The number of hydrogen-bond donors (Lipinski definition) is 2. The van der Waals surface area contributed by atoms with E-state index in [1.807, 2.05) is 6.07 Å². The first-order valence-corrected chi connectivity index (χ1v) is 12.1. The zero-order chi connectivity index (χ0) is 22.9. The molecule has 0 bridgehead atoms. The number of Topliss-reactive ketones (excluding diaryl/α,β-unsaturated/α-hetero) is 1. The molecule has 162 valence electrons. The molecular formula is C21H26ClN3O3S2. The Morgan fingerprint density at radius 2 is 2.03 bits per heavy atom. The summed E-state index contributed by atoms with van der Waals surface area (Å²) in [6, 6.07) is 9.98. The second kappa shape index (κ2) is 11.9. The van der Waals surface area contributed by atoms with Crippen molar-refractivity contribution in [2.24, 2.45) is 11.7 Å². The van der Waals surface area contributed by atoms with Crippen LogP contribution in [0.1, 0.15) is 38.3 Å². The number of amides is 1. The zero-order valence-corrected chi connectivity index (χ0v) is 19.6. The van der Waals surface area contributed by atoms with Gasteiger partial charge in [0.25, 0.3) is 0 Å². The Hall–Kier alpha value is -2.18. The minimum atomic E-state index is -2.90. The van der Waals surface area contributed by atoms with E-state index in [-0.39, 0.29) is 18.2 Å². The fourth-order valence-electron chi connectivity index (χ4n) is 2.35. The number of nitriles is 1. The summed E-state index contributed by atoms with van der Waals surface area (Å²) in [6.07, 6.45) is 0.830. The Morgan fingerprint density at radius 3 is 2.50 bits per heavy atom. The standard InChI is InChI=1S/C14H11ClN2O2S2.C7H15NO/c1-21(19,14-7-12(15)9-20-14)17-13(18)6-10-3-2-4-11(5-10)8-16;1-5(2)4-7(8)6(3)9/h2-5,7,9H,1,6H2,(H,17,18,19);5,7H,4,8H2,1-3H3. The molecule has 1 amide bonds. The normalized spacial score (nSPS) is 13.4. The number of benzene rings is 1. The lowest BCUT2D eigenvalue weighted by molar-refractivity contribution is -0.119. The molecule has 9 heteroatoms. The summed E-state index contributed by atoms with van der Waals surface area (Å²) in [5.41, 5.74) is 6.61. The monoisotopic (exact) mass is 467 g/mol. The minimum Gasteiger partial charge on any atom is -0.322 e. The van der Waals surface area contributed by atoms with Gasteiger partial charge in [0.1, 0.15) is 9.99 Å².